The summed E-state index contributed by atoms with van der Waals surface area (Å²) >= 11 is 2.75. The van der Waals surface area contributed by atoms with E-state index < -0.39 is 23.3 Å². The number of benzene rings is 1. The fraction of sp³-hybridized carbons (Fsp3) is 0.368. The topological polar surface area (TPSA) is 156 Å². The van der Waals surface area contributed by atoms with Gasteiger partial charge in [-0.15, -0.1) is 16.9 Å². The number of aliphatic carboxylic acids is 1. The van der Waals surface area contributed by atoms with Crippen LogP contribution in [0.3, 0.4) is 0 Å². The van der Waals surface area contributed by atoms with Crippen LogP contribution >= 0.6 is 23.5 Å². The lowest BCUT2D eigenvalue weighted by atomic mass is 10.0. The Morgan fingerprint density at radius 3 is 2.88 bits per heavy atom. The average molecular weight is 476 g/mol. The van der Waals surface area contributed by atoms with Crippen LogP contribution in [0.2, 0.25) is 0 Å². The number of anilines is 1. The summed E-state index contributed by atoms with van der Waals surface area (Å²) in [5, 5.41) is 24.1. The number of amides is 2. The van der Waals surface area contributed by atoms with Crippen molar-refractivity contribution < 1.29 is 19.5 Å². The highest BCUT2D eigenvalue weighted by molar-refractivity contribution is 8.01. The van der Waals surface area contributed by atoms with Crippen molar-refractivity contribution in [1.29, 1.82) is 0 Å². The Labute approximate surface area is 191 Å². The molecule has 2 aliphatic rings. The molecule has 11 nitrogen and oxygen atoms in total. The molecule has 0 aliphatic carbocycles. The van der Waals surface area contributed by atoms with Crippen molar-refractivity contribution in [1.82, 2.24) is 30.4 Å². The molecule has 2 aromatic rings. The first kappa shape index (κ1) is 22.1. The molecule has 2 amide bonds. The summed E-state index contributed by atoms with van der Waals surface area (Å²) in [5.74, 6) is -1.17. The minimum absolute atomic E-state index is 0.0282. The van der Waals surface area contributed by atoms with Crippen LogP contribution < -0.4 is 11.1 Å². The molecule has 3 heterocycles. The van der Waals surface area contributed by atoms with Crippen LogP contribution in [0.1, 0.15) is 12.5 Å². The van der Waals surface area contributed by atoms with Gasteiger partial charge in [-0.25, -0.2) is 9.48 Å². The Morgan fingerprint density at radius 1 is 1.38 bits per heavy atom. The van der Waals surface area contributed by atoms with Crippen molar-refractivity contribution in [2.24, 2.45) is 0 Å². The summed E-state index contributed by atoms with van der Waals surface area (Å²) in [4.78, 5) is 38.5. The van der Waals surface area contributed by atoms with Crippen LogP contribution in [0, 0.1) is 0 Å². The zero-order chi connectivity index (χ0) is 22.8. The molecule has 4 N–H and O–H groups in total. The van der Waals surface area contributed by atoms with Crippen molar-refractivity contribution in [2.75, 3.05) is 17.2 Å². The first-order chi connectivity index (χ1) is 15.4. The van der Waals surface area contributed by atoms with E-state index >= 15 is 0 Å². The Morgan fingerprint density at radius 2 is 2.16 bits per heavy atom. The third kappa shape index (κ3) is 4.17. The molecule has 1 unspecified atom stereocenters. The lowest BCUT2D eigenvalue weighted by Gasteiger charge is -2.49. The van der Waals surface area contributed by atoms with E-state index in [0.29, 0.717) is 40.0 Å². The molecule has 1 aromatic heterocycles. The predicted molar refractivity (Wildman–Crippen MR) is 118 cm³/mol. The molecule has 168 valence electrons. The fourth-order valence-electron chi connectivity index (χ4n) is 3.54. The van der Waals surface area contributed by atoms with Crippen molar-refractivity contribution >= 4 is 47.0 Å². The molecule has 1 fully saturated rings. The number of carboxylic acid groups (broad SMARTS) is 1. The maximum absolute atomic E-state index is 12.8. The van der Waals surface area contributed by atoms with E-state index in [2.05, 4.69) is 20.8 Å². The fourth-order valence-corrected chi connectivity index (χ4v) is 5.96. The van der Waals surface area contributed by atoms with Gasteiger partial charge in [-0.2, -0.15) is 0 Å². The molecule has 1 aromatic carbocycles. The summed E-state index contributed by atoms with van der Waals surface area (Å²) in [5.41, 5.74) is 7.64. The molecule has 13 heteroatoms. The van der Waals surface area contributed by atoms with Crippen LogP contribution in [0.25, 0.3) is 0 Å². The third-order valence-electron chi connectivity index (χ3n) is 5.15. The van der Waals surface area contributed by atoms with Gasteiger partial charge in [0.25, 0.3) is 5.91 Å². The smallest absolute Gasteiger partial charge is 0.352 e. The summed E-state index contributed by atoms with van der Waals surface area (Å²) < 4.78 is 1.62. The van der Waals surface area contributed by atoms with Crippen LogP contribution in [0.5, 0.6) is 0 Å². The molecular formula is C19H21N7O4S2. The van der Waals surface area contributed by atoms with Gasteiger partial charge in [-0.05, 0) is 34.6 Å². The normalized spacial score (nSPS) is 20.0. The number of nitrogens with two attached hydrogens (primary N) is 1. The predicted octanol–water partition coefficient (Wildman–Crippen LogP) is 0.349. The Hall–Kier alpha value is -3.06. The number of thioether (sulfide) groups is 2. The first-order valence-electron chi connectivity index (χ1n) is 9.82. The van der Waals surface area contributed by atoms with Crippen LogP contribution in [0.15, 0.2) is 40.7 Å². The van der Waals surface area contributed by atoms with Crippen LogP contribution in [0.4, 0.5) is 5.69 Å². The minimum Gasteiger partial charge on any atom is -0.477 e. The van der Waals surface area contributed by atoms with Crippen molar-refractivity contribution in [3.8, 4) is 0 Å². The van der Waals surface area contributed by atoms with Crippen molar-refractivity contribution in [2.45, 2.75) is 36.5 Å². The number of nitrogens with one attached hydrogen (secondary N) is 1. The molecule has 2 aliphatic heterocycles. The third-order valence-corrected chi connectivity index (χ3v) is 7.53. The average Bonchev–Trinajstić information content (AvgIpc) is 3.24. The summed E-state index contributed by atoms with van der Waals surface area (Å²) in [6.45, 7) is 2.50. The van der Waals surface area contributed by atoms with Gasteiger partial charge in [0.05, 0.1) is 6.42 Å². The molecule has 0 spiro atoms. The summed E-state index contributed by atoms with van der Waals surface area (Å²) in [7, 11) is 0. The van der Waals surface area contributed by atoms with Gasteiger partial charge in [0.1, 0.15) is 17.1 Å². The number of carbonyl (C=O) groups excluding carboxylic acids is 2. The zero-order valence-corrected chi connectivity index (χ0v) is 18.7. The van der Waals surface area contributed by atoms with E-state index in [1.54, 1.807) is 28.9 Å². The number of hydrogen-bond acceptors (Lipinski definition) is 9. The molecule has 32 heavy (non-hydrogen) atoms. The highest BCUT2D eigenvalue weighted by Crippen LogP contribution is 2.41. The Balaban J connectivity index is 1.44. The highest BCUT2D eigenvalue weighted by Gasteiger charge is 2.54. The molecule has 0 radical (unpaired) electrons. The van der Waals surface area contributed by atoms with Gasteiger partial charge < -0.3 is 16.2 Å². The second-order valence-corrected chi connectivity index (χ2v) is 9.20. The number of para-hydroxylation sites is 1. The minimum atomic E-state index is -1.17. The van der Waals surface area contributed by atoms with E-state index in [-0.39, 0.29) is 18.0 Å². The second kappa shape index (κ2) is 9.20. The van der Waals surface area contributed by atoms with E-state index in [1.807, 2.05) is 6.92 Å². The molecule has 0 bridgehead atoms. The van der Waals surface area contributed by atoms with Gasteiger partial charge in [-0.3, -0.25) is 14.5 Å². The number of aromatic nitrogens is 4. The number of nitrogens with zero attached hydrogens (tertiary/aromatic N) is 5. The van der Waals surface area contributed by atoms with Gasteiger partial charge in [0, 0.05) is 23.7 Å². The van der Waals surface area contributed by atoms with Gasteiger partial charge in [-0.1, -0.05) is 30.0 Å². The van der Waals surface area contributed by atoms with E-state index in [0.717, 1.165) is 0 Å². The van der Waals surface area contributed by atoms with Gasteiger partial charge in [0.2, 0.25) is 11.1 Å². The van der Waals surface area contributed by atoms with E-state index in [9.17, 15) is 19.5 Å². The monoisotopic (exact) mass is 475 g/mol. The number of β-lactam (4-membered cyclic amide) rings is 1. The number of nitrogen functional groups attached to an aromatic ring is 1. The number of hydrogen-bond donors (Lipinski definition) is 3. The van der Waals surface area contributed by atoms with Crippen molar-refractivity contribution in [3.05, 3.63) is 41.1 Å². The molecule has 2 atom stereocenters. The highest BCUT2D eigenvalue weighted by atomic mass is 32.2. The summed E-state index contributed by atoms with van der Waals surface area (Å²) in [6, 6.07) is 6.26. The Bertz CT molecular complexity index is 1100. The molecule has 4 rings (SSSR count). The largest absolute Gasteiger partial charge is 0.477 e. The number of fused-ring (bicyclic) bond motifs is 1. The van der Waals surface area contributed by atoms with E-state index in [4.69, 9.17) is 5.73 Å². The molecular weight excluding hydrogens is 454 g/mol. The van der Waals surface area contributed by atoms with Crippen LogP contribution in [-0.4, -0.2) is 70.9 Å². The lowest BCUT2D eigenvalue weighted by molar-refractivity contribution is -0.150. The SMILES string of the molecule is CCn1nnnc1SCC1=C(C(=O)O)N2C(=O)C(NC(=O)Cc3ccccc3N)[C@H]2SC1. The van der Waals surface area contributed by atoms with Gasteiger partial charge >= 0.3 is 5.97 Å². The summed E-state index contributed by atoms with van der Waals surface area (Å²) in [6.07, 6.45) is 0.0451. The number of tetrazole rings is 1. The standard InChI is InChI=1S/C19H21N7O4S2/c1-2-25-19(22-23-24-25)32-9-11-8-31-17-14(16(28)26(17)15(11)18(29)30)21-13(27)7-10-5-3-4-6-12(10)20/h3-6,14,17H,2,7-9,20H2,1H3,(H,21,27)(H,29,30)/t14?,17-/m1/s1. The molecule has 1 saturated heterocycles. The Kier molecular flexibility index (Phi) is 6.37. The maximum atomic E-state index is 12.8. The number of rotatable bonds is 8. The van der Waals surface area contributed by atoms with E-state index in [1.165, 1.54) is 28.4 Å². The molecule has 0 saturated carbocycles. The number of carbonyl (C=O) groups is 3. The quantitative estimate of drug-likeness (QED) is 0.276. The van der Waals surface area contributed by atoms with Gasteiger partial charge in [0.15, 0.2) is 0 Å². The first-order valence-corrected chi connectivity index (χ1v) is 11.9. The zero-order valence-electron chi connectivity index (χ0n) is 17.1. The second-order valence-electron chi connectivity index (χ2n) is 7.15. The number of aryl methyl sites for hydroxylation is 1. The van der Waals surface area contributed by atoms with Crippen LogP contribution in [-0.2, 0) is 27.3 Å². The number of carboxylic acids is 1. The lowest BCUT2D eigenvalue weighted by Crippen LogP contribution is -2.70. The maximum Gasteiger partial charge on any atom is 0.352 e. The van der Waals surface area contributed by atoms with Crippen molar-refractivity contribution in [3.63, 3.8) is 0 Å².